The monoisotopic (exact) mass is 373 g/mol. The van der Waals surface area contributed by atoms with E-state index >= 15 is 0 Å². The highest BCUT2D eigenvalue weighted by atomic mass is 35.5. The summed E-state index contributed by atoms with van der Waals surface area (Å²) in [6.07, 6.45) is 1.57. The summed E-state index contributed by atoms with van der Waals surface area (Å²) in [6, 6.07) is 6.09. The number of Topliss-reactive ketones (excluding diaryl/α,β-unsaturated/α-hetero) is 1. The summed E-state index contributed by atoms with van der Waals surface area (Å²) in [5.74, 6) is -0.723. The Morgan fingerprint density at radius 3 is 2.42 bits per heavy atom. The van der Waals surface area contributed by atoms with Crippen LogP contribution >= 0.6 is 11.6 Å². The fourth-order valence-corrected chi connectivity index (χ4v) is 2.99. The second-order valence-corrected chi connectivity index (χ2v) is 6.53. The van der Waals surface area contributed by atoms with Crippen molar-refractivity contribution >= 4 is 40.4 Å². The third-order valence-electron chi connectivity index (χ3n) is 4.30. The summed E-state index contributed by atoms with van der Waals surface area (Å²) in [4.78, 5) is 30.4. The van der Waals surface area contributed by atoms with E-state index in [2.05, 4.69) is 35.1 Å². The Hall–Kier alpha value is -2.40. The quantitative estimate of drug-likeness (QED) is 0.792. The molecule has 1 aliphatic carbocycles. The number of hydrogen-bond acceptors (Lipinski definition) is 4. The first kappa shape index (κ1) is 19.9. The Morgan fingerprint density at radius 1 is 1.23 bits per heavy atom. The molecule has 0 spiro atoms. The standard InChI is InChI=1S/C20H24ClN3O2/c1-6-24(7-2)15-8-9-16(12(3)10-15)23-17-11-18(22-14(5)25)20(26)19(21)13(17)4/h8-11H,6-7H2,1-5H3,(H,22,25)/b23-17-. The predicted octanol–water partition coefficient (Wildman–Crippen LogP) is 4.03. The van der Waals surface area contributed by atoms with Crippen LogP contribution in [0.25, 0.3) is 0 Å². The second kappa shape index (κ2) is 8.32. The van der Waals surface area contributed by atoms with Crippen molar-refractivity contribution in [1.29, 1.82) is 0 Å². The van der Waals surface area contributed by atoms with Gasteiger partial charge in [-0.2, -0.15) is 0 Å². The van der Waals surface area contributed by atoms with E-state index in [1.807, 2.05) is 19.1 Å². The maximum atomic E-state index is 12.2. The first-order valence-electron chi connectivity index (χ1n) is 8.63. The largest absolute Gasteiger partial charge is 0.372 e. The number of nitrogens with one attached hydrogen (secondary N) is 1. The molecule has 0 heterocycles. The molecule has 0 unspecified atom stereocenters. The van der Waals surface area contributed by atoms with Gasteiger partial charge in [-0.3, -0.25) is 9.59 Å². The molecular weight excluding hydrogens is 350 g/mol. The number of aryl methyl sites for hydroxylation is 1. The Balaban J connectivity index is 2.45. The Bertz CT molecular complexity index is 833. The van der Waals surface area contributed by atoms with Gasteiger partial charge < -0.3 is 10.2 Å². The third-order valence-corrected chi connectivity index (χ3v) is 4.75. The van der Waals surface area contributed by atoms with Gasteiger partial charge in [0.15, 0.2) is 0 Å². The summed E-state index contributed by atoms with van der Waals surface area (Å²) in [6.45, 7) is 11.2. The number of carbonyl (C=O) groups is 2. The van der Waals surface area contributed by atoms with Gasteiger partial charge in [0.25, 0.3) is 0 Å². The number of benzene rings is 1. The van der Waals surface area contributed by atoms with Crippen LogP contribution in [-0.4, -0.2) is 30.5 Å². The zero-order chi connectivity index (χ0) is 19.4. The van der Waals surface area contributed by atoms with E-state index in [0.29, 0.717) is 11.3 Å². The SMILES string of the molecule is CCN(CC)c1ccc(/N=C2/C=C(NC(C)=O)C(=O)C(Cl)=C2C)c(C)c1. The van der Waals surface area contributed by atoms with Crippen molar-refractivity contribution in [2.24, 2.45) is 4.99 Å². The van der Waals surface area contributed by atoms with Gasteiger partial charge in [0.2, 0.25) is 11.7 Å². The lowest BCUT2D eigenvalue weighted by Gasteiger charge is -2.22. The highest BCUT2D eigenvalue weighted by Gasteiger charge is 2.24. The molecule has 1 aliphatic rings. The molecule has 0 bridgehead atoms. The van der Waals surface area contributed by atoms with Crippen LogP contribution in [0.3, 0.4) is 0 Å². The van der Waals surface area contributed by atoms with Crippen molar-refractivity contribution in [1.82, 2.24) is 5.32 Å². The molecule has 6 heteroatoms. The Labute approximate surface area is 159 Å². The van der Waals surface area contributed by atoms with Gasteiger partial charge >= 0.3 is 0 Å². The number of carbonyl (C=O) groups excluding carboxylic acids is 2. The predicted molar refractivity (Wildman–Crippen MR) is 107 cm³/mol. The highest BCUT2D eigenvalue weighted by Crippen LogP contribution is 2.28. The molecule has 2 rings (SSSR count). The lowest BCUT2D eigenvalue weighted by Crippen LogP contribution is -2.29. The van der Waals surface area contributed by atoms with Gasteiger partial charge in [0, 0.05) is 25.7 Å². The topological polar surface area (TPSA) is 61.8 Å². The smallest absolute Gasteiger partial charge is 0.221 e. The van der Waals surface area contributed by atoms with Crippen LogP contribution in [0.2, 0.25) is 0 Å². The van der Waals surface area contributed by atoms with E-state index < -0.39 is 5.78 Å². The number of anilines is 1. The average molecular weight is 374 g/mol. The van der Waals surface area contributed by atoms with Crippen molar-refractivity contribution < 1.29 is 9.59 Å². The summed E-state index contributed by atoms with van der Waals surface area (Å²) >= 11 is 6.15. The molecule has 0 saturated carbocycles. The molecule has 1 aromatic rings. The molecule has 0 aliphatic heterocycles. The fraction of sp³-hybridized carbons (Fsp3) is 0.350. The fourth-order valence-electron chi connectivity index (χ4n) is 2.79. The van der Waals surface area contributed by atoms with Crippen molar-refractivity contribution in [3.63, 3.8) is 0 Å². The minimum Gasteiger partial charge on any atom is -0.372 e. The number of amides is 1. The van der Waals surface area contributed by atoms with E-state index in [1.165, 1.54) is 6.92 Å². The van der Waals surface area contributed by atoms with Crippen LogP contribution in [0.1, 0.15) is 33.3 Å². The van der Waals surface area contributed by atoms with Crippen molar-refractivity contribution in [3.8, 4) is 0 Å². The van der Waals surface area contributed by atoms with Crippen molar-refractivity contribution in [3.05, 3.63) is 46.1 Å². The molecule has 0 saturated heterocycles. The Morgan fingerprint density at radius 2 is 1.88 bits per heavy atom. The Kier molecular flexibility index (Phi) is 6.37. The number of rotatable bonds is 5. The zero-order valence-corrected chi connectivity index (χ0v) is 16.6. The normalized spacial score (nSPS) is 16.0. The molecule has 1 N–H and O–H groups in total. The molecule has 138 valence electrons. The van der Waals surface area contributed by atoms with Gasteiger partial charge in [-0.25, -0.2) is 4.99 Å². The summed E-state index contributed by atoms with van der Waals surface area (Å²) in [5, 5.41) is 2.59. The maximum Gasteiger partial charge on any atom is 0.221 e. The lowest BCUT2D eigenvalue weighted by atomic mass is 10.0. The van der Waals surface area contributed by atoms with E-state index in [1.54, 1.807) is 13.0 Å². The highest BCUT2D eigenvalue weighted by molar-refractivity contribution is 6.49. The van der Waals surface area contributed by atoms with Crippen molar-refractivity contribution in [2.45, 2.75) is 34.6 Å². The number of halogens is 1. The molecular formula is C20H24ClN3O2. The molecule has 1 amide bonds. The van der Waals surface area contributed by atoms with Crippen molar-refractivity contribution in [2.75, 3.05) is 18.0 Å². The minimum atomic E-state index is -0.396. The second-order valence-electron chi connectivity index (χ2n) is 6.15. The molecule has 0 aromatic heterocycles. The number of allylic oxidation sites excluding steroid dienone is 3. The van der Waals surface area contributed by atoms with Crippen LogP contribution in [0.15, 0.2) is 45.6 Å². The van der Waals surface area contributed by atoms with Gasteiger partial charge in [-0.05, 0) is 63.1 Å². The van der Waals surface area contributed by atoms with Gasteiger partial charge in [-0.1, -0.05) is 11.6 Å². The van der Waals surface area contributed by atoms with Gasteiger partial charge in [-0.15, -0.1) is 0 Å². The molecule has 0 fully saturated rings. The van der Waals surface area contributed by atoms with Crippen LogP contribution in [0, 0.1) is 6.92 Å². The van der Waals surface area contributed by atoms with Gasteiger partial charge in [0.1, 0.15) is 0 Å². The molecule has 0 atom stereocenters. The zero-order valence-electron chi connectivity index (χ0n) is 15.8. The molecule has 1 aromatic carbocycles. The van der Waals surface area contributed by atoms with Crippen LogP contribution in [0.4, 0.5) is 11.4 Å². The lowest BCUT2D eigenvalue weighted by molar-refractivity contribution is -0.120. The molecule has 26 heavy (non-hydrogen) atoms. The average Bonchev–Trinajstić information content (AvgIpc) is 2.60. The van der Waals surface area contributed by atoms with Gasteiger partial charge in [0.05, 0.1) is 22.1 Å². The first-order valence-corrected chi connectivity index (χ1v) is 9.01. The molecule has 0 radical (unpaired) electrons. The van der Waals surface area contributed by atoms with E-state index in [4.69, 9.17) is 11.6 Å². The van der Waals surface area contributed by atoms with Crippen LogP contribution < -0.4 is 10.2 Å². The summed E-state index contributed by atoms with van der Waals surface area (Å²) in [7, 11) is 0. The van der Waals surface area contributed by atoms with Crippen LogP contribution in [0.5, 0.6) is 0 Å². The van der Waals surface area contributed by atoms with E-state index in [9.17, 15) is 9.59 Å². The number of ketones is 1. The number of hydrogen-bond donors (Lipinski definition) is 1. The maximum absolute atomic E-state index is 12.2. The van der Waals surface area contributed by atoms with E-state index in [0.717, 1.165) is 30.0 Å². The number of nitrogens with zero attached hydrogens (tertiary/aromatic N) is 2. The van der Waals surface area contributed by atoms with E-state index in [-0.39, 0.29) is 16.6 Å². The summed E-state index contributed by atoms with van der Waals surface area (Å²) in [5.41, 5.74) is 4.28. The van der Waals surface area contributed by atoms with Crippen LogP contribution in [-0.2, 0) is 9.59 Å². The number of aliphatic imine (C=N–C) groups is 1. The summed E-state index contributed by atoms with van der Waals surface area (Å²) < 4.78 is 0. The third kappa shape index (κ3) is 4.22. The minimum absolute atomic E-state index is 0.0763. The molecule has 5 nitrogen and oxygen atoms in total. The first-order chi connectivity index (χ1) is 12.3.